The second-order valence-electron chi connectivity index (χ2n) is 4.57. The molecule has 0 bridgehead atoms. The summed E-state index contributed by atoms with van der Waals surface area (Å²) in [5, 5.41) is 2.69. The maximum atomic E-state index is 11.6. The van der Waals surface area contributed by atoms with Crippen LogP contribution in [-0.2, 0) is 0 Å². The fraction of sp³-hybridized carbons (Fsp3) is 0.917. The summed E-state index contributed by atoms with van der Waals surface area (Å²) < 4.78 is 0. The molecule has 0 radical (unpaired) electrons. The minimum Gasteiger partial charge on any atom is -0.341 e. The summed E-state index contributed by atoms with van der Waals surface area (Å²) in [6.07, 6.45) is 3.24. The van der Waals surface area contributed by atoms with E-state index in [0.29, 0.717) is 6.04 Å². The van der Waals surface area contributed by atoms with Gasteiger partial charge < -0.3 is 16.0 Å². The summed E-state index contributed by atoms with van der Waals surface area (Å²) >= 11 is 0. The van der Waals surface area contributed by atoms with E-state index >= 15 is 0 Å². The van der Waals surface area contributed by atoms with E-state index in [1.165, 1.54) is 0 Å². The van der Waals surface area contributed by atoms with Crippen molar-refractivity contribution in [2.45, 2.75) is 32.2 Å². The van der Waals surface area contributed by atoms with E-state index in [2.05, 4.69) is 17.1 Å². The van der Waals surface area contributed by atoms with Crippen molar-refractivity contribution in [3.05, 3.63) is 0 Å². The van der Waals surface area contributed by atoms with Gasteiger partial charge in [-0.25, -0.2) is 4.79 Å². The van der Waals surface area contributed by atoms with Crippen LogP contribution in [0.1, 0.15) is 26.2 Å². The number of hydrogen-bond acceptors (Lipinski definition) is 3. The van der Waals surface area contributed by atoms with E-state index in [1.54, 1.807) is 7.05 Å². The molecule has 1 aliphatic rings. The second kappa shape index (κ2) is 7.50. The molecule has 5 heteroatoms. The SMILES string of the molecule is CCC(CCN)N1CCCN(C(=O)NC)CC1. The Balaban J connectivity index is 2.48. The molecule has 0 aromatic carbocycles. The fourth-order valence-electron chi connectivity index (χ4n) is 2.50. The van der Waals surface area contributed by atoms with Crippen LogP contribution in [0.15, 0.2) is 0 Å². The first-order valence-electron chi connectivity index (χ1n) is 6.63. The predicted octanol–water partition coefficient (Wildman–Crippen LogP) is 0.461. The molecular weight excluding hydrogens is 216 g/mol. The fourth-order valence-corrected chi connectivity index (χ4v) is 2.50. The molecule has 5 nitrogen and oxygen atoms in total. The minimum atomic E-state index is 0.0405. The maximum absolute atomic E-state index is 11.6. The Kier molecular flexibility index (Phi) is 6.29. The van der Waals surface area contributed by atoms with Crippen LogP contribution in [0.25, 0.3) is 0 Å². The molecule has 0 saturated carbocycles. The van der Waals surface area contributed by atoms with Crippen molar-refractivity contribution in [2.24, 2.45) is 5.73 Å². The van der Waals surface area contributed by atoms with Gasteiger partial charge in [0.2, 0.25) is 0 Å². The van der Waals surface area contributed by atoms with Crippen LogP contribution >= 0.6 is 0 Å². The molecule has 0 aromatic heterocycles. The zero-order chi connectivity index (χ0) is 12.7. The molecule has 1 fully saturated rings. The molecule has 1 atom stereocenters. The van der Waals surface area contributed by atoms with Crippen molar-refractivity contribution in [3.63, 3.8) is 0 Å². The number of nitrogens with one attached hydrogen (secondary N) is 1. The topological polar surface area (TPSA) is 61.6 Å². The Morgan fingerprint density at radius 3 is 2.71 bits per heavy atom. The van der Waals surface area contributed by atoms with Crippen molar-refractivity contribution >= 4 is 6.03 Å². The number of rotatable bonds is 4. The zero-order valence-corrected chi connectivity index (χ0v) is 11.1. The number of nitrogens with zero attached hydrogens (tertiary/aromatic N) is 2. The summed E-state index contributed by atoms with van der Waals surface area (Å²) in [5.41, 5.74) is 5.65. The molecular formula is C12H26N4O. The van der Waals surface area contributed by atoms with Gasteiger partial charge in [-0.05, 0) is 25.8 Å². The smallest absolute Gasteiger partial charge is 0.317 e. The second-order valence-corrected chi connectivity index (χ2v) is 4.57. The summed E-state index contributed by atoms with van der Waals surface area (Å²) in [5.74, 6) is 0. The lowest BCUT2D eigenvalue weighted by molar-refractivity contribution is 0.181. The maximum Gasteiger partial charge on any atom is 0.317 e. The van der Waals surface area contributed by atoms with Gasteiger partial charge in [0.1, 0.15) is 0 Å². The third-order valence-corrected chi connectivity index (χ3v) is 3.52. The number of carbonyl (C=O) groups is 1. The Hall–Kier alpha value is -0.810. The third kappa shape index (κ3) is 4.16. The minimum absolute atomic E-state index is 0.0405. The molecule has 100 valence electrons. The van der Waals surface area contributed by atoms with Gasteiger partial charge in [0.25, 0.3) is 0 Å². The van der Waals surface area contributed by atoms with Crippen LogP contribution in [-0.4, -0.2) is 61.6 Å². The normalized spacial score (nSPS) is 19.8. The number of hydrogen-bond donors (Lipinski definition) is 2. The molecule has 3 N–H and O–H groups in total. The quantitative estimate of drug-likeness (QED) is 0.753. The average Bonchev–Trinajstić information content (AvgIpc) is 2.60. The number of carbonyl (C=O) groups excluding carboxylic acids is 1. The third-order valence-electron chi connectivity index (χ3n) is 3.52. The molecule has 1 aliphatic heterocycles. The van der Waals surface area contributed by atoms with E-state index in [0.717, 1.165) is 52.0 Å². The molecule has 0 aliphatic carbocycles. The highest BCUT2D eigenvalue weighted by molar-refractivity contribution is 5.73. The van der Waals surface area contributed by atoms with Gasteiger partial charge in [-0.1, -0.05) is 6.92 Å². The Morgan fingerprint density at radius 1 is 1.35 bits per heavy atom. The largest absolute Gasteiger partial charge is 0.341 e. The molecule has 0 spiro atoms. The van der Waals surface area contributed by atoms with Gasteiger partial charge in [0.05, 0.1) is 0 Å². The Labute approximate surface area is 104 Å². The number of amides is 2. The van der Waals surface area contributed by atoms with Gasteiger partial charge in [-0.3, -0.25) is 4.90 Å². The van der Waals surface area contributed by atoms with Gasteiger partial charge in [0.15, 0.2) is 0 Å². The van der Waals surface area contributed by atoms with Crippen LogP contribution in [0.4, 0.5) is 4.79 Å². The van der Waals surface area contributed by atoms with E-state index in [4.69, 9.17) is 5.73 Å². The van der Waals surface area contributed by atoms with Gasteiger partial charge in [0, 0.05) is 39.3 Å². The van der Waals surface area contributed by atoms with Crippen LogP contribution < -0.4 is 11.1 Å². The molecule has 1 unspecified atom stereocenters. The lowest BCUT2D eigenvalue weighted by Crippen LogP contribution is -2.42. The van der Waals surface area contributed by atoms with Crippen LogP contribution in [0.5, 0.6) is 0 Å². The average molecular weight is 242 g/mol. The van der Waals surface area contributed by atoms with Crippen molar-refractivity contribution in [2.75, 3.05) is 39.8 Å². The van der Waals surface area contributed by atoms with Crippen molar-refractivity contribution in [3.8, 4) is 0 Å². The van der Waals surface area contributed by atoms with E-state index < -0.39 is 0 Å². The molecule has 1 heterocycles. The lowest BCUT2D eigenvalue weighted by atomic mass is 10.1. The summed E-state index contributed by atoms with van der Waals surface area (Å²) in [6.45, 7) is 6.67. The highest BCUT2D eigenvalue weighted by atomic mass is 16.2. The first-order chi connectivity index (χ1) is 8.22. The van der Waals surface area contributed by atoms with E-state index in [9.17, 15) is 4.79 Å². The zero-order valence-electron chi connectivity index (χ0n) is 11.1. The number of nitrogens with two attached hydrogens (primary N) is 1. The summed E-state index contributed by atoms with van der Waals surface area (Å²) in [7, 11) is 1.69. The van der Waals surface area contributed by atoms with E-state index in [1.807, 2.05) is 4.90 Å². The molecule has 2 amide bonds. The summed E-state index contributed by atoms with van der Waals surface area (Å²) in [4.78, 5) is 15.9. The first kappa shape index (κ1) is 14.3. The van der Waals surface area contributed by atoms with Crippen molar-refractivity contribution in [1.29, 1.82) is 0 Å². The van der Waals surface area contributed by atoms with Gasteiger partial charge >= 0.3 is 6.03 Å². The van der Waals surface area contributed by atoms with Crippen LogP contribution in [0.3, 0.4) is 0 Å². The number of urea groups is 1. The lowest BCUT2D eigenvalue weighted by Gasteiger charge is -2.29. The van der Waals surface area contributed by atoms with Gasteiger partial charge in [-0.2, -0.15) is 0 Å². The van der Waals surface area contributed by atoms with Crippen molar-refractivity contribution in [1.82, 2.24) is 15.1 Å². The highest BCUT2D eigenvalue weighted by Crippen LogP contribution is 2.12. The molecule has 0 aromatic rings. The first-order valence-corrected chi connectivity index (χ1v) is 6.63. The van der Waals surface area contributed by atoms with Gasteiger partial charge in [-0.15, -0.1) is 0 Å². The molecule has 1 rings (SSSR count). The Bertz CT molecular complexity index is 235. The monoisotopic (exact) mass is 242 g/mol. The molecule has 1 saturated heterocycles. The summed E-state index contributed by atoms with van der Waals surface area (Å²) in [6, 6.07) is 0.614. The predicted molar refractivity (Wildman–Crippen MR) is 70.0 cm³/mol. The Morgan fingerprint density at radius 2 is 2.12 bits per heavy atom. The van der Waals surface area contributed by atoms with Crippen LogP contribution in [0, 0.1) is 0 Å². The molecule has 17 heavy (non-hydrogen) atoms. The highest BCUT2D eigenvalue weighted by Gasteiger charge is 2.22. The van der Waals surface area contributed by atoms with E-state index in [-0.39, 0.29) is 6.03 Å². The van der Waals surface area contributed by atoms with Crippen molar-refractivity contribution < 1.29 is 4.79 Å². The standard InChI is InChI=1S/C12H26N4O/c1-3-11(5-6-13)15-7-4-8-16(10-9-15)12(17)14-2/h11H,3-10,13H2,1-2H3,(H,14,17). The van der Waals surface area contributed by atoms with Crippen LogP contribution in [0.2, 0.25) is 0 Å².